The third-order valence-electron chi connectivity index (χ3n) is 3.55. The first-order chi connectivity index (χ1) is 11.7. The van der Waals surface area contributed by atoms with Crippen molar-refractivity contribution in [2.24, 2.45) is 0 Å². The van der Waals surface area contributed by atoms with Gasteiger partial charge in [0.15, 0.2) is 0 Å². The minimum atomic E-state index is -0.0237. The highest BCUT2D eigenvalue weighted by Gasteiger charge is 2.31. The average molecular weight is 366 g/mol. The van der Waals surface area contributed by atoms with Crippen LogP contribution in [-0.4, -0.2) is 42.0 Å². The van der Waals surface area contributed by atoms with Crippen molar-refractivity contribution in [1.29, 1.82) is 0 Å². The highest BCUT2D eigenvalue weighted by molar-refractivity contribution is 8.26. The Labute approximate surface area is 153 Å². The number of unbranched alkanes of at least 4 members (excludes halogenated alkanes) is 1. The maximum Gasteiger partial charge on any atom is 0.266 e. The molecule has 1 aliphatic heterocycles. The molecule has 0 spiro atoms. The molecule has 0 aromatic heterocycles. The Balaban J connectivity index is 1.98. The maximum absolute atomic E-state index is 12.4. The summed E-state index contributed by atoms with van der Waals surface area (Å²) in [6, 6.07) is 7.78. The summed E-state index contributed by atoms with van der Waals surface area (Å²) < 4.78 is 11.3. The first kappa shape index (κ1) is 19.0. The van der Waals surface area contributed by atoms with Gasteiger partial charge in [0.1, 0.15) is 10.1 Å². The molecule has 1 aromatic rings. The van der Waals surface area contributed by atoms with E-state index in [-0.39, 0.29) is 5.91 Å². The van der Waals surface area contributed by atoms with Crippen LogP contribution in [0.4, 0.5) is 0 Å². The number of benzene rings is 1. The van der Waals surface area contributed by atoms with Crippen molar-refractivity contribution >= 4 is 40.3 Å². The van der Waals surface area contributed by atoms with Crippen molar-refractivity contribution in [3.05, 3.63) is 34.7 Å². The lowest BCUT2D eigenvalue weighted by molar-refractivity contribution is -0.122. The van der Waals surface area contributed by atoms with E-state index in [1.54, 1.807) is 12.0 Å². The van der Waals surface area contributed by atoms with Crippen LogP contribution >= 0.6 is 24.0 Å². The summed E-state index contributed by atoms with van der Waals surface area (Å²) in [5.41, 5.74) is 0.968. The third-order valence-corrected chi connectivity index (χ3v) is 4.93. The standard InChI is InChI=1S/C18H23NO3S2/c1-3-4-12-22-15-8-6-14(7-9-15)13-16-17(20)19(18(23)24-16)10-5-11-21-2/h6-9,13H,3-5,10-12H2,1-2H3/b16-13+. The van der Waals surface area contributed by atoms with Crippen LogP contribution in [0.2, 0.25) is 0 Å². The van der Waals surface area contributed by atoms with Gasteiger partial charge in [-0.2, -0.15) is 0 Å². The first-order valence-corrected chi connectivity index (χ1v) is 9.35. The van der Waals surface area contributed by atoms with Gasteiger partial charge in [0.2, 0.25) is 0 Å². The molecule has 1 saturated heterocycles. The molecule has 24 heavy (non-hydrogen) atoms. The number of nitrogens with zero attached hydrogens (tertiary/aromatic N) is 1. The predicted molar refractivity (Wildman–Crippen MR) is 103 cm³/mol. The molecule has 0 radical (unpaired) electrons. The van der Waals surface area contributed by atoms with Gasteiger partial charge < -0.3 is 9.47 Å². The van der Waals surface area contributed by atoms with Crippen molar-refractivity contribution in [3.63, 3.8) is 0 Å². The van der Waals surface area contributed by atoms with Gasteiger partial charge in [-0.25, -0.2) is 0 Å². The Morgan fingerprint density at radius 2 is 1.96 bits per heavy atom. The Morgan fingerprint density at radius 1 is 1.21 bits per heavy atom. The molecule has 130 valence electrons. The molecule has 0 N–H and O–H groups in total. The van der Waals surface area contributed by atoms with Crippen molar-refractivity contribution < 1.29 is 14.3 Å². The second kappa shape index (κ2) is 9.81. The second-order valence-electron chi connectivity index (χ2n) is 5.45. The first-order valence-electron chi connectivity index (χ1n) is 8.13. The topological polar surface area (TPSA) is 38.8 Å². The summed E-state index contributed by atoms with van der Waals surface area (Å²) in [7, 11) is 1.65. The normalized spacial score (nSPS) is 16.2. The lowest BCUT2D eigenvalue weighted by Gasteiger charge is -2.13. The zero-order valence-corrected chi connectivity index (χ0v) is 15.8. The lowest BCUT2D eigenvalue weighted by Crippen LogP contribution is -2.29. The van der Waals surface area contributed by atoms with Crippen LogP contribution in [-0.2, 0) is 9.53 Å². The van der Waals surface area contributed by atoms with Gasteiger partial charge in [0, 0.05) is 20.3 Å². The molecule has 1 aliphatic rings. The minimum absolute atomic E-state index is 0.0237. The average Bonchev–Trinajstić information content (AvgIpc) is 2.84. The van der Waals surface area contributed by atoms with Gasteiger partial charge >= 0.3 is 0 Å². The van der Waals surface area contributed by atoms with Gasteiger partial charge in [-0.3, -0.25) is 9.69 Å². The molecular formula is C18H23NO3S2. The summed E-state index contributed by atoms with van der Waals surface area (Å²) in [5, 5.41) is 0. The molecule has 1 fully saturated rings. The van der Waals surface area contributed by atoms with Crippen LogP contribution in [0.3, 0.4) is 0 Å². The highest BCUT2D eigenvalue weighted by atomic mass is 32.2. The number of thioether (sulfide) groups is 1. The number of rotatable bonds is 9. The molecule has 0 atom stereocenters. The molecule has 0 bridgehead atoms. The fourth-order valence-corrected chi connectivity index (χ4v) is 3.51. The SMILES string of the molecule is CCCCOc1ccc(/C=C2/SC(=S)N(CCCOC)C2=O)cc1. The van der Waals surface area contributed by atoms with Crippen molar-refractivity contribution in [1.82, 2.24) is 4.90 Å². The van der Waals surface area contributed by atoms with Crippen LogP contribution in [0.5, 0.6) is 5.75 Å². The number of carbonyl (C=O) groups excluding carboxylic acids is 1. The van der Waals surface area contributed by atoms with E-state index in [0.717, 1.165) is 37.2 Å². The number of thiocarbonyl (C=S) groups is 1. The summed E-state index contributed by atoms with van der Waals surface area (Å²) in [6.45, 7) is 4.09. The summed E-state index contributed by atoms with van der Waals surface area (Å²) >= 11 is 6.66. The van der Waals surface area contributed by atoms with Crippen molar-refractivity contribution in [2.75, 3.05) is 26.9 Å². The Morgan fingerprint density at radius 3 is 2.62 bits per heavy atom. The zero-order valence-electron chi connectivity index (χ0n) is 14.1. The van der Waals surface area contributed by atoms with Crippen LogP contribution in [0.1, 0.15) is 31.7 Å². The smallest absolute Gasteiger partial charge is 0.266 e. The van der Waals surface area contributed by atoms with Gasteiger partial charge in [0.25, 0.3) is 5.91 Å². The quantitative estimate of drug-likeness (QED) is 0.374. The number of hydrogen-bond acceptors (Lipinski definition) is 5. The molecule has 1 aromatic carbocycles. The van der Waals surface area contributed by atoms with Crippen LogP contribution in [0.25, 0.3) is 6.08 Å². The highest BCUT2D eigenvalue weighted by Crippen LogP contribution is 2.32. The molecule has 0 aliphatic carbocycles. The van der Waals surface area contributed by atoms with Gasteiger partial charge in [-0.05, 0) is 36.6 Å². The summed E-state index contributed by atoms with van der Waals surface area (Å²) in [5.74, 6) is 0.831. The lowest BCUT2D eigenvalue weighted by atomic mass is 10.2. The molecule has 0 unspecified atom stereocenters. The van der Waals surface area contributed by atoms with E-state index in [2.05, 4.69) is 6.92 Å². The van der Waals surface area contributed by atoms with E-state index in [9.17, 15) is 4.79 Å². The molecule has 0 saturated carbocycles. The number of amides is 1. The summed E-state index contributed by atoms with van der Waals surface area (Å²) in [4.78, 5) is 14.7. The van der Waals surface area contributed by atoms with E-state index in [4.69, 9.17) is 21.7 Å². The number of carbonyl (C=O) groups is 1. The fourth-order valence-electron chi connectivity index (χ4n) is 2.21. The van der Waals surface area contributed by atoms with Crippen LogP contribution in [0.15, 0.2) is 29.2 Å². The maximum atomic E-state index is 12.4. The van der Waals surface area contributed by atoms with Crippen LogP contribution < -0.4 is 4.74 Å². The number of methoxy groups -OCH3 is 1. The van der Waals surface area contributed by atoms with Gasteiger partial charge in [-0.15, -0.1) is 0 Å². The van der Waals surface area contributed by atoms with Crippen LogP contribution in [0, 0.1) is 0 Å². The molecular weight excluding hydrogens is 342 g/mol. The predicted octanol–water partition coefficient (Wildman–Crippen LogP) is 4.10. The van der Waals surface area contributed by atoms with Gasteiger partial charge in [0.05, 0.1) is 11.5 Å². The Hall–Kier alpha value is -1.37. The largest absolute Gasteiger partial charge is 0.494 e. The van der Waals surface area contributed by atoms with Crippen molar-refractivity contribution in [2.45, 2.75) is 26.2 Å². The molecule has 1 heterocycles. The second-order valence-corrected chi connectivity index (χ2v) is 7.13. The van der Waals surface area contributed by atoms with Crippen molar-refractivity contribution in [3.8, 4) is 5.75 Å². The van der Waals surface area contributed by atoms with E-state index in [1.165, 1.54) is 11.8 Å². The summed E-state index contributed by atoms with van der Waals surface area (Å²) in [6.07, 6.45) is 4.82. The molecule has 1 amide bonds. The third kappa shape index (κ3) is 5.33. The monoisotopic (exact) mass is 365 g/mol. The molecule has 4 nitrogen and oxygen atoms in total. The van der Waals surface area contributed by atoms with E-state index < -0.39 is 0 Å². The zero-order chi connectivity index (χ0) is 17.4. The molecule has 6 heteroatoms. The minimum Gasteiger partial charge on any atom is -0.494 e. The van der Waals surface area contributed by atoms with E-state index in [1.807, 2.05) is 30.3 Å². The molecule has 2 rings (SSSR count). The number of hydrogen-bond donors (Lipinski definition) is 0. The van der Waals surface area contributed by atoms with E-state index >= 15 is 0 Å². The fraction of sp³-hybridized carbons (Fsp3) is 0.444. The van der Waals surface area contributed by atoms with E-state index in [0.29, 0.717) is 22.4 Å². The number of ether oxygens (including phenoxy) is 2. The van der Waals surface area contributed by atoms with Gasteiger partial charge in [-0.1, -0.05) is 49.5 Å². The Kier molecular flexibility index (Phi) is 7.75. The Bertz CT molecular complexity index is 599.